The second kappa shape index (κ2) is 11.1. The van der Waals surface area contributed by atoms with Crippen LogP contribution < -0.4 is 14.4 Å². The Morgan fingerprint density at radius 1 is 1.17 bits per heavy atom. The lowest BCUT2D eigenvalue weighted by atomic mass is 10.2. The van der Waals surface area contributed by atoms with Gasteiger partial charge >= 0.3 is 0 Å². The summed E-state index contributed by atoms with van der Waals surface area (Å²) in [5.74, 6) is 1.70. The number of amides is 1. The molecule has 0 aromatic heterocycles. The maximum absolute atomic E-state index is 12.4. The van der Waals surface area contributed by atoms with Crippen molar-refractivity contribution in [3.63, 3.8) is 0 Å². The van der Waals surface area contributed by atoms with E-state index in [-0.39, 0.29) is 12.5 Å². The number of thioether (sulfide) groups is 1. The van der Waals surface area contributed by atoms with Gasteiger partial charge in [0.25, 0.3) is 0 Å². The molecule has 158 valence electrons. The van der Waals surface area contributed by atoms with E-state index < -0.39 is 10.0 Å². The molecule has 0 fully saturated rings. The van der Waals surface area contributed by atoms with Crippen LogP contribution in [-0.2, 0) is 20.6 Å². The maximum Gasteiger partial charge on any atom is 0.240 e. The largest absolute Gasteiger partial charge is 0.492 e. The first kappa shape index (κ1) is 23.1. The molecule has 0 aliphatic rings. The van der Waals surface area contributed by atoms with Crippen LogP contribution in [0.2, 0.25) is 0 Å². The molecule has 0 radical (unpaired) electrons. The third-order valence-electron chi connectivity index (χ3n) is 4.04. The Balaban J connectivity index is 1.89. The molecule has 8 heteroatoms. The summed E-state index contributed by atoms with van der Waals surface area (Å²) in [7, 11) is -3.64. The summed E-state index contributed by atoms with van der Waals surface area (Å²) in [5.41, 5.74) is 2.84. The van der Waals surface area contributed by atoms with Crippen molar-refractivity contribution in [3.05, 3.63) is 59.7 Å². The van der Waals surface area contributed by atoms with Gasteiger partial charge in [0.15, 0.2) is 0 Å². The molecule has 0 spiro atoms. The number of para-hydroxylation sites is 2. The van der Waals surface area contributed by atoms with Crippen molar-refractivity contribution in [2.24, 2.45) is 0 Å². The van der Waals surface area contributed by atoms with Crippen molar-refractivity contribution in [1.82, 2.24) is 5.32 Å². The quantitative estimate of drug-likeness (QED) is 0.548. The highest BCUT2D eigenvalue weighted by molar-refractivity contribution is 7.98. The van der Waals surface area contributed by atoms with Crippen LogP contribution in [0.15, 0.2) is 48.5 Å². The standard InChI is InChI=1S/C21H28N2O4S2/c1-4-27-20-11-6-5-10-19(20)23(29(3,25)26)15-21(24)22-12-13-28-16-18-9-7-8-17(2)14-18/h5-11,14H,4,12-13,15-16H2,1-3H3,(H,22,24). The predicted molar refractivity (Wildman–Crippen MR) is 120 cm³/mol. The first-order chi connectivity index (χ1) is 13.8. The predicted octanol–water partition coefficient (Wildman–Crippen LogP) is 3.21. The summed E-state index contributed by atoms with van der Waals surface area (Å²) in [6.07, 6.45) is 1.08. The normalized spacial score (nSPS) is 11.1. The summed E-state index contributed by atoms with van der Waals surface area (Å²) >= 11 is 1.72. The number of anilines is 1. The first-order valence-corrected chi connectivity index (χ1v) is 12.4. The minimum absolute atomic E-state index is 0.286. The Kier molecular flexibility index (Phi) is 8.85. The highest BCUT2D eigenvalue weighted by Gasteiger charge is 2.23. The molecule has 6 nitrogen and oxygen atoms in total. The summed E-state index contributed by atoms with van der Waals surface area (Å²) in [4.78, 5) is 12.4. The molecule has 2 rings (SSSR count). The topological polar surface area (TPSA) is 75.7 Å². The van der Waals surface area contributed by atoms with Crippen molar-refractivity contribution in [1.29, 1.82) is 0 Å². The molecule has 0 bridgehead atoms. The lowest BCUT2D eigenvalue weighted by molar-refractivity contribution is -0.119. The Labute approximate surface area is 177 Å². The molecule has 0 unspecified atom stereocenters. The second-order valence-corrected chi connectivity index (χ2v) is 9.57. The van der Waals surface area contributed by atoms with Crippen molar-refractivity contribution in [3.8, 4) is 5.75 Å². The third kappa shape index (κ3) is 7.62. The number of carbonyl (C=O) groups is 1. The highest BCUT2D eigenvalue weighted by atomic mass is 32.2. The molecule has 0 atom stereocenters. The van der Waals surface area contributed by atoms with Gasteiger partial charge in [-0.3, -0.25) is 9.10 Å². The number of carbonyl (C=O) groups excluding carboxylic acids is 1. The van der Waals surface area contributed by atoms with Crippen LogP contribution in [0, 0.1) is 6.92 Å². The number of sulfonamides is 1. The van der Waals surface area contributed by atoms with E-state index in [0.29, 0.717) is 24.6 Å². The number of benzene rings is 2. The fourth-order valence-electron chi connectivity index (χ4n) is 2.76. The molecular weight excluding hydrogens is 408 g/mol. The van der Waals surface area contributed by atoms with Gasteiger partial charge in [0.2, 0.25) is 15.9 Å². The summed E-state index contributed by atoms with van der Waals surface area (Å²) < 4.78 is 31.1. The van der Waals surface area contributed by atoms with E-state index in [9.17, 15) is 13.2 Å². The summed E-state index contributed by atoms with van der Waals surface area (Å²) in [5, 5.41) is 2.80. The molecule has 0 saturated heterocycles. The molecular formula is C21H28N2O4S2. The Bertz CT molecular complexity index is 916. The molecule has 1 N–H and O–H groups in total. The van der Waals surface area contributed by atoms with Gasteiger partial charge < -0.3 is 10.1 Å². The van der Waals surface area contributed by atoms with Crippen molar-refractivity contribution in [2.45, 2.75) is 19.6 Å². The van der Waals surface area contributed by atoms with Crippen LogP contribution in [0.1, 0.15) is 18.1 Å². The molecule has 1 amide bonds. The van der Waals surface area contributed by atoms with Crippen LogP contribution in [0.25, 0.3) is 0 Å². The zero-order valence-electron chi connectivity index (χ0n) is 17.1. The smallest absolute Gasteiger partial charge is 0.240 e. The zero-order valence-corrected chi connectivity index (χ0v) is 18.7. The van der Waals surface area contributed by atoms with Crippen LogP contribution in [-0.4, -0.2) is 46.0 Å². The number of hydrogen-bond donors (Lipinski definition) is 1. The molecule has 0 heterocycles. The average molecular weight is 437 g/mol. The Hall–Kier alpha value is -2.19. The first-order valence-electron chi connectivity index (χ1n) is 9.40. The number of rotatable bonds is 11. The minimum Gasteiger partial charge on any atom is -0.492 e. The van der Waals surface area contributed by atoms with Gasteiger partial charge in [-0.2, -0.15) is 11.8 Å². The van der Waals surface area contributed by atoms with Crippen molar-refractivity contribution in [2.75, 3.05) is 36.0 Å². The third-order valence-corrected chi connectivity index (χ3v) is 6.20. The summed E-state index contributed by atoms with van der Waals surface area (Å²) in [6.45, 7) is 4.47. The second-order valence-electron chi connectivity index (χ2n) is 6.56. The van der Waals surface area contributed by atoms with E-state index in [0.717, 1.165) is 22.1 Å². The highest BCUT2D eigenvalue weighted by Crippen LogP contribution is 2.29. The van der Waals surface area contributed by atoms with E-state index in [1.807, 2.05) is 13.0 Å². The fourth-order valence-corrected chi connectivity index (χ4v) is 4.43. The van der Waals surface area contributed by atoms with Crippen LogP contribution in [0.4, 0.5) is 5.69 Å². The number of hydrogen-bond acceptors (Lipinski definition) is 5. The van der Waals surface area contributed by atoms with Crippen molar-refractivity contribution < 1.29 is 17.9 Å². The molecule has 0 aliphatic carbocycles. The van der Waals surface area contributed by atoms with Crippen LogP contribution in [0.5, 0.6) is 5.75 Å². The van der Waals surface area contributed by atoms with E-state index in [1.54, 1.807) is 36.0 Å². The fraction of sp³-hybridized carbons (Fsp3) is 0.381. The van der Waals surface area contributed by atoms with Gasteiger partial charge in [-0.05, 0) is 31.5 Å². The minimum atomic E-state index is -3.64. The van der Waals surface area contributed by atoms with Gasteiger partial charge in [0, 0.05) is 18.1 Å². The number of nitrogens with zero attached hydrogens (tertiary/aromatic N) is 1. The number of aryl methyl sites for hydroxylation is 1. The van der Waals surface area contributed by atoms with Crippen LogP contribution in [0.3, 0.4) is 0 Å². The average Bonchev–Trinajstić information content (AvgIpc) is 2.66. The van der Waals surface area contributed by atoms with Crippen molar-refractivity contribution >= 4 is 33.4 Å². The Morgan fingerprint density at radius 2 is 1.93 bits per heavy atom. The molecule has 29 heavy (non-hydrogen) atoms. The van der Waals surface area contributed by atoms with E-state index in [1.165, 1.54) is 11.1 Å². The molecule has 2 aromatic carbocycles. The monoisotopic (exact) mass is 436 g/mol. The van der Waals surface area contributed by atoms with Gasteiger partial charge in [0.05, 0.1) is 18.6 Å². The zero-order chi connectivity index (χ0) is 21.3. The van der Waals surface area contributed by atoms with Gasteiger partial charge in [0.1, 0.15) is 12.3 Å². The van der Waals surface area contributed by atoms with E-state index in [4.69, 9.17) is 4.74 Å². The lowest BCUT2D eigenvalue weighted by Gasteiger charge is -2.24. The molecule has 0 saturated carbocycles. The number of nitrogens with one attached hydrogen (secondary N) is 1. The molecule has 0 aliphatic heterocycles. The maximum atomic E-state index is 12.4. The van der Waals surface area contributed by atoms with Crippen LogP contribution >= 0.6 is 11.8 Å². The van der Waals surface area contributed by atoms with E-state index in [2.05, 4.69) is 30.4 Å². The molecule has 2 aromatic rings. The SMILES string of the molecule is CCOc1ccccc1N(CC(=O)NCCSCc1cccc(C)c1)S(C)(=O)=O. The van der Waals surface area contributed by atoms with Gasteiger partial charge in [-0.25, -0.2) is 8.42 Å². The Morgan fingerprint density at radius 3 is 2.62 bits per heavy atom. The summed E-state index contributed by atoms with van der Waals surface area (Å²) in [6, 6.07) is 15.1. The number of ether oxygens (including phenoxy) is 1. The van der Waals surface area contributed by atoms with E-state index >= 15 is 0 Å². The van der Waals surface area contributed by atoms with Gasteiger partial charge in [-0.1, -0.05) is 42.0 Å². The van der Waals surface area contributed by atoms with Gasteiger partial charge in [-0.15, -0.1) is 0 Å². The lowest BCUT2D eigenvalue weighted by Crippen LogP contribution is -2.41.